The molecule has 0 aromatic carbocycles. The number of aromatic nitrogens is 4. The van der Waals surface area contributed by atoms with Gasteiger partial charge >= 0.3 is 0 Å². The summed E-state index contributed by atoms with van der Waals surface area (Å²) in [5.74, 6) is -0.545. The molecule has 2 aromatic rings. The standard InChI is InChI=1S/C15H19F2N5O2/c1-8-3-10(19-18-8)4-9-6-22(7-13(9)23)15(24)12-5-11(14(16)17)20-21(12)2/h3,5,9,13-14,23H,4,6-7H2,1-2H3,(H,18,19)/t9-,13-/m1/s1. The molecule has 1 aliphatic rings. The van der Waals surface area contributed by atoms with E-state index in [0.29, 0.717) is 13.0 Å². The maximum atomic E-state index is 12.7. The summed E-state index contributed by atoms with van der Waals surface area (Å²) in [4.78, 5) is 14.0. The molecule has 0 aliphatic carbocycles. The van der Waals surface area contributed by atoms with Crippen LogP contribution in [0.5, 0.6) is 0 Å². The topological polar surface area (TPSA) is 87.0 Å². The second-order valence-corrected chi connectivity index (χ2v) is 6.16. The zero-order valence-electron chi connectivity index (χ0n) is 13.4. The second-order valence-electron chi connectivity index (χ2n) is 6.16. The van der Waals surface area contributed by atoms with Crippen LogP contribution in [0.1, 0.15) is 34.0 Å². The highest BCUT2D eigenvalue weighted by molar-refractivity contribution is 5.93. The van der Waals surface area contributed by atoms with Gasteiger partial charge in [0.2, 0.25) is 0 Å². The fraction of sp³-hybridized carbons (Fsp3) is 0.533. The number of alkyl halides is 2. The van der Waals surface area contributed by atoms with Crippen molar-refractivity contribution in [1.82, 2.24) is 24.9 Å². The maximum absolute atomic E-state index is 12.7. The molecule has 7 nitrogen and oxygen atoms in total. The first-order valence-corrected chi connectivity index (χ1v) is 7.65. The molecule has 2 N–H and O–H groups in total. The fourth-order valence-corrected chi connectivity index (χ4v) is 3.03. The Hall–Kier alpha value is -2.29. The van der Waals surface area contributed by atoms with Gasteiger partial charge < -0.3 is 10.0 Å². The van der Waals surface area contributed by atoms with Crippen molar-refractivity contribution in [1.29, 1.82) is 0 Å². The van der Waals surface area contributed by atoms with Gasteiger partial charge in [-0.1, -0.05) is 0 Å². The zero-order chi connectivity index (χ0) is 17.4. The SMILES string of the molecule is Cc1cc(C[C@@H]2CN(C(=O)c3cc(C(F)F)nn3C)C[C@H]2O)n[nH]1. The minimum atomic E-state index is -2.72. The van der Waals surface area contributed by atoms with Crippen molar-refractivity contribution < 1.29 is 18.7 Å². The monoisotopic (exact) mass is 339 g/mol. The largest absolute Gasteiger partial charge is 0.391 e. The van der Waals surface area contributed by atoms with E-state index in [1.165, 1.54) is 11.9 Å². The minimum Gasteiger partial charge on any atom is -0.391 e. The van der Waals surface area contributed by atoms with Crippen LogP contribution in [0.4, 0.5) is 8.78 Å². The van der Waals surface area contributed by atoms with Gasteiger partial charge in [0.25, 0.3) is 12.3 Å². The molecule has 2 atom stereocenters. The number of nitrogens with one attached hydrogen (secondary N) is 1. The van der Waals surface area contributed by atoms with Crippen LogP contribution in [0.2, 0.25) is 0 Å². The van der Waals surface area contributed by atoms with Crippen molar-refractivity contribution in [2.75, 3.05) is 13.1 Å². The molecule has 0 radical (unpaired) electrons. The molecule has 0 spiro atoms. The van der Waals surface area contributed by atoms with Gasteiger partial charge in [0.1, 0.15) is 11.4 Å². The van der Waals surface area contributed by atoms with Gasteiger partial charge in [-0.3, -0.25) is 14.6 Å². The highest BCUT2D eigenvalue weighted by Gasteiger charge is 2.36. The van der Waals surface area contributed by atoms with Gasteiger partial charge in [-0.15, -0.1) is 0 Å². The predicted molar refractivity (Wildman–Crippen MR) is 80.6 cm³/mol. The lowest BCUT2D eigenvalue weighted by molar-refractivity contribution is 0.0754. The van der Waals surface area contributed by atoms with E-state index in [1.54, 1.807) is 0 Å². The summed E-state index contributed by atoms with van der Waals surface area (Å²) in [6, 6.07) is 3.00. The van der Waals surface area contributed by atoms with Crippen molar-refractivity contribution >= 4 is 5.91 Å². The van der Waals surface area contributed by atoms with E-state index < -0.39 is 24.1 Å². The van der Waals surface area contributed by atoms with Gasteiger partial charge in [0, 0.05) is 31.7 Å². The second kappa shape index (κ2) is 6.31. The Morgan fingerprint density at radius 2 is 2.21 bits per heavy atom. The summed E-state index contributed by atoms with van der Waals surface area (Å²) in [6.07, 6.45) is -2.85. The average Bonchev–Trinajstić information content (AvgIpc) is 3.19. The third-order valence-corrected chi connectivity index (χ3v) is 4.27. The summed E-state index contributed by atoms with van der Waals surface area (Å²) >= 11 is 0. The highest BCUT2D eigenvalue weighted by atomic mass is 19.3. The molecule has 0 bridgehead atoms. The molecule has 0 saturated carbocycles. The number of aliphatic hydroxyl groups excluding tert-OH is 1. The van der Waals surface area contributed by atoms with Crippen molar-refractivity contribution in [3.63, 3.8) is 0 Å². The van der Waals surface area contributed by atoms with Crippen LogP contribution >= 0.6 is 0 Å². The van der Waals surface area contributed by atoms with E-state index in [1.807, 2.05) is 13.0 Å². The van der Waals surface area contributed by atoms with Crippen molar-refractivity contribution in [3.05, 3.63) is 34.9 Å². The number of aliphatic hydroxyl groups is 1. The first-order valence-electron chi connectivity index (χ1n) is 7.65. The number of carbonyl (C=O) groups is 1. The number of amides is 1. The van der Waals surface area contributed by atoms with Crippen LogP contribution in [-0.4, -0.2) is 55.1 Å². The Labute approximate surface area is 137 Å². The molecule has 3 heterocycles. The Balaban J connectivity index is 1.70. The molecule has 1 fully saturated rings. The number of rotatable bonds is 4. The lowest BCUT2D eigenvalue weighted by atomic mass is 10.0. The number of halogens is 2. The number of β-amino-alcohol motifs (C(OH)–C–C–N with tert-alkyl or cyclic N) is 1. The molecule has 130 valence electrons. The van der Waals surface area contributed by atoms with E-state index in [-0.39, 0.29) is 18.2 Å². The molecule has 3 rings (SSSR count). The molecule has 9 heteroatoms. The van der Waals surface area contributed by atoms with E-state index in [2.05, 4.69) is 15.3 Å². The zero-order valence-corrected chi connectivity index (χ0v) is 13.4. The summed E-state index contributed by atoms with van der Waals surface area (Å²) in [6.45, 7) is 2.41. The quantitative estimate of drug-likeness (QED) is 0.872. The number of aryl methyl sites for hydroxylation is 2. The van der Waals surface area contributed by atoms with Crippen LogP contribution < -0.4 is 0 Å². The van der Waals surface area contributed by atoms with Gasteiger partial charge in [-0.25, -0.2) is 8.78 Å². The Kier molecular flexibility index (Phi) is 4.35. The normalized spacial score (nSPS) is 21.0. The number of aromatic amines is 1. The summed E-state index contributed by atoms with van der Waals surface area (Å²) in [5.41, 5.74) is 1.42. The highest BCUT2D eigenvalue weighted by Crippen LogP contribution is 2.24. The van der Waals surface area contributed by atoms with Crippen LogP contribution in [0.3, 0.4) is 0 Å². The smallest absolute Gasteiger partial charge is 0.282 e. The molecule has 2 aromatic heterocycles. The molecule has 1 saturated heterocycles. The van der Waals surface area contributed by atoms with Gasteiger partial charge in [0.05, 0.1) is 11.8 Å². The van der Waals surface area contributed by atoms with Crippen LogP contribution in [0.25, 0.3) is 0 Å². The van der Waals surface area contributed by atoms with E-state index >= 15 is 0 Å². The summed E-state index contributed by atoms with van der Waals surface area (Å²) < 4.78 is 26.6. The van der Waals surface area contributed by atoms with Crippen LogP contribution in [-0.2, 0) is 13.5 Å². The molecular weight excluding hydrogens is 320 g/mol. The molecule has 24 heavy (non-hydrogen) atoms. The minimum absolute atomic E-state index is 0.0914. The van der Waals surface area contributed by atoms with Crippen molar-refractivity contribution in [2.24, 2.45) is 13.0 Å². The average molecular weight is 339 g/mol. The number of hydrogen-bond acceptors (Lipinski definition) is 4. The Morgan fingerprint density at radius 3 is 2.79 bits per heavy atom. The van der Waals surface area contributed by atoms with Gasteiger partial charge in [-0.05, 0) is 25.5 Å². The first-order chi connectivity index (χ1) is 11.3. The summed E-state index contributed by atoms with van der Waals surface area (Å²) in [7, 11) is 1.45. The molecule has 1 aliphatic heterocycles. The third kappa shape index (κ3) is 3.16. The predicted octanol–water partition coefficient (Wildman–Crippen LogP) is 1.06. The Bertz CT molecular complexity index is 742. The van der Waals surface area contributed by atoms with Gasteiger partial charge in [0.15, 0.2) is 0 Å². The van der Waals surface area contributed by atoms with Crippen molar-refractivity contribution in [3.8, 4) is 0 Å². The van der Waals surface area contributed by atoms with Crippen LogP contribution in [0, 0.1) is 12.8 Å². The van der Waals surface area contributed by atoms with Gasteiger partial charge in [-0.2, -0.15) is 10.2 Å². The van der Waals surface area contributed by atoms with E-state index in [4.69, 9.17) is 0 Å². The van der Waals surface area contributed by atoms with E-state index in [9.17, 15) is 18.7 Å². The third-order valence-electron chi connectivity index (χ3n) is 4.27. The Morgan fingerprint density at radius 1 is 1.46 bits per heavy atom. The number of likely N-dealkylation sites (tertiary alicyclic amines) is 1. The summed E-state index contributed by atoms with van der Waals surface area (Å²) in [5, 5.41) is 20.9. The maximum Gasteiger partial charge on any atom is 0.282 e. The number of hydrogen-bond donors (Lipinski definition) is 2. The first kappa shape index (κ1) is 16.6. The van der Waals surface area contributed by atoms with Crippen molar-refractivity contribution in [2.45, 2.75) is 25.9 Å². The van der Waals surface area contributed by atoms with Crippen LogP contribution in [0.15, 0.2) is 12.1 Å². The molecule has 1 amide bonds. The number of H-pyrrole nitrogens is 1. The number of carbonyl (C=O) groups excluding carboxylic acids is 1. The lowest BCUT2D eigenvalue weighted by Crippen LogP contribution is -2.31. The molecular formula is C15H19F2N5O2. The molecule has 0 unspecified atom stereocenters. The number of nitrogens with zero attached hydrogens (tertiary/aromatic N) is 4. The lowest BCUT2D eigenvalue weighted by Gasteiger charge is -2.15. The van der Waals surface area contributed by atoms with E-state index in [0.717, 1.165) is 22.1 Å². The fourth-order valence-electron chi connectivity index (χ4n) is 3.03.